The monoisotopic (exact) mass is 218 g/mol. The second-order valence-electron chi connectivity index (χ2n) is 3.96. The van der Waals surface area contributed by atoms with Crippen LogP contribution in [0.3, 0.4) is 0 Å². The van der Waals surface area contributed by atoms with Gasteiger partial charge in [0.05, 0.1) is 11.9 Å². The number of nitrogens with zero attached hydrogens (tertiary/aromatic N) is 1. The molecule has 15 heavy (non-hydrogen) atoms. The van der Waals surface area contributed by atoms with Gasteiger partial charge in [0.1, 0.15) is 5.82 Å². The summed E-state index contributed by atoms with van der Waals surface area (Å²) in [4.78, 5) is 7.75. The molecule has 1 aromatic heterocycles. The van der Waals surface area contributed by atoms with Crippen LogP contribution in [0.25, 0.3) is 11.3 Å². The first kappa shape index (κ1) is 8.98. The lowest BCUT2D eigenvalue weighted by Gasteiger charge is -1.97. The van der Waals surface area contributed by atoms with Crippen molar-refractivity contribution in [3.8, 4) is 11.3 Å². The molecule has 76 valence electrons. The zero-order valence-corrected chi connectivity index (χ0v) is 8.96. The molecule has 0 saturated heterocycles. The fourth-order valence-electron chi connectivity index (χ4n) is 1.68. The van der Waals surface area contributed by atoms with Gasteiger partial charge in [-0.1, -0.05) is 23.7 Å². The van der Waals surface area contributed by atoms with Gasteiger partial charge in [-0.2, -0.15) is 0 Å². The highest BCUT2D eigenvalue weighted by Crippen LogP contribution is 2.38. The van der Waals surface area contributed by atoms with Gasteiger partial charge in [-0.05, 0) is 30.5 Å². The largest absolute Gasteiger partial charge is 0.342 e. The number of nitrogens with one attached hydrogen (secondary N) is 1. The lowest BCUT2D eigenvalue weighted by molar-refractivity contribution is 0.977. The van der Waals surface area contributed by atoms with Crippen LogP contribution in [0.15, 0.2) is 30.5 Å². The van der Waals surface area contributed by atoms with E-state index in [9.17, 15) is 0 Å². The maximum atomic E-state index is 5.84. The zero-order chi connectivity index (χ0) is 10.3. The number of aromatic nitrogens is 2. The summed E-state index contributed by atoms with van der Waals surface area (Å²) in [5.41, 5.74) is 2.22. The smallest absolute Gasteiger partial charge is 0.109 e. The van der Waals surface area contributed by atoms with Crippen molar-refractivity contribution in [3.05, 3.63) is 41.3 Å². The van der Waals surface area contributed by atoms with Crippen LogP contribution in [0.1, 0.15) is 24.6 Å². The van der Waals surface area contributed by atoms with Crippen LogP contribution in [0, 0.1) is 0 Å². The molecule has 1 aromatic carbocycles. The van der Waals surface area contributed by atoms with E-state index in [0.29, 0.717) is 5.92 Å². The molecule has 1 fully saturated rings. The lowest BCUT2D eigenvalue weighted by atomic mass is 10.2. The van der Waals surface area contributed by atoms with Gasteiger partial charge in [-0.15, -0.1) is 0 Å². The maximum Gasteiger partial charge on any atom is 0.109 e. The highest BCUT2D eigenvalue weighted by Gasteiger charge is 2.26. The van der Waals surface area contributed by atoms with E-state index in [4.69, 9.17) is 11.6 Å². The van der Waals surface area contributed by atoms with Gasteiger partial charge in [0.15, 0.2) is 0 Å². The zero-order valence-electron chi connectivity index (χ0n) is 8.20. The van der Waals surface area contributed by atoms with Crippen LogP contribution in [0.2, 0.25) is 5.02 Å². The third-order valence-electron chi connectivity index (χ3n) is 2.71. The van der Waals surface area contributed by atoms with E-state index < -0.39 is 0 Å². The molecule has 1 heterocycles. The van der Waals surface area contributed by atoms with Crippen LogP contribution in [0.5, 0.6) is 0 Å². The predicted molar refractivity (Wildman–Crippen MR) is 61.0 cm³/mol. The number of benzene rings is 1. The van der Waals surface area contributed by atoms with Crippen molar-refractivity contribution < 1.29 is 0 Å². The van der Waals surface area contributed by atoms with Gasteiger partial charge in [-0.3, -0.25) is 0 Å². The van der Waals surface area contributed by atoms with Gasteiger partial charge in [0.25, 0.3) is 0 Å². The number of H-pyrrole nitrogens is 1. The molecule has 0 radical (unpaired) electrons. The number of hydrogen-bond acceptors (Lipinski definition) is 1. The predicted octanol–water partition coefficient (Wildman–Crippen LogP) is 3.61. The highest BCUT2D eigenvalue weighted by molar-refractivity contribution is 6.30. The van der Waals surface area contributed by atoms with Crippen LogP contribution < -0.4 is 0 Å². The molecule has 0 bridgehead atoms. The Hall–Kier alpha value is -1.28. The Labute approximate surface area is 93.3 Å². The molecule has 1 saturated carbocycles. The van der Waals surface area contributed by atoms with E-state index in [1.54, 1.807) is 0 Å². The summed E-state index contributed by atoms with van der Waals surface area (Å²) in [6, 6.07) is 7.81. The first-order valence-corrected chi connectivity index (χ1v) is 5.51. The summed E-state index contributed by atoms with van der Waals surface area (Å²) < 4.78 is 0. The van der Waals surface area contributed by atoms with Crippen molar-refractivity contribution in [2.75, 3.05) is 0 Å². The maximum absolute atomic E-state index is 5.84. The standard InChI is InChI=1S/C12H11ClN2/c13-10-5-3-8(4-6-10)11-7-14-12(15-11)9-1-2-9/h3-7,9H,1-2H2,(H,14,15). The number of hydrogen-bond donors (Lipinski definition) is 1. The molecule has 3 heteroatoms. The topological polar surface area (TPSA) is 28.7 Å². The number of halogens is 1. The Kier molecular flexibility index (Phi) is 2.03. The highest BCUT2D eigenvalue weighted by atomic mass is 35.5. The summed E-state index contributed by atoms with van der Waals surface area (Å²) in [6.07, 6.45) is 4.44. The van der Waals surface area contributed by atoms with Crippen molar-refractivity contribution >= 4 is 11.6 Å². The third kappa shape index (κ3) is 1.77. The summed E-state index contributed by atoms with van der Waals surface area (Å²) >= 11 is 5.84. The number of imidazole rings is 1. The molecule has 3 rings (SSSR count). The first-order chi connectivity index (χ1) is 7.33. The van der Waals surface area contributed by atoms with E-state index in [2.05, 4.69) is 9.97 Å². The number of aromatic amines is 1. The second-order valence-corrected chi connectivity index (χ2v) is 4.40. The molecule has 0 aliphatic heterocycles. The Bertz CT molecular complexity index is 469. The van der Waals surface area contributed by atoms with Crippen LogP contribution in [-0.4, -0.2) is 9.97 Å². The quantitative estimate of drug-likeness (QED) is 0.820. The Morgan fingerprint density at radius 1 is 1.20 bits per heavy atom. The molecule has 1 N–H and O–H groups in total. The first-order valence-electron chi connectivity index (χ1n) is 5.14. The molecule has 0 spiro atoms. The van der Waals surface area contributed by atoms with Gasteiger partial charge in [0, 0.05) is 10.9 Å². The normalized spacial score (nSPS) is 15.5. The Morgan fingerprint density at radius 3 is 2.60 bits per heavy atom. The molecular formula is C12H11ClN2. The van der Waals surface area contributed by atoms with E-state index in [1.165, 1.54) is 12.8 Å². The fraction of sp³-hybridized carbons (Fsp3) is 0.250. The molecule has 0 amide bonds. The Morgan fingerprint density at radius 2 is 1.93 bits per heavy atom. The average Bonchev–Trinajstić information content (AvgIpc) is 2.99. The number of rotatable bonds is 2. The summed E-state index contributed by atoms with van der Waals surface area (Å²) in [7, 11) is 0. The third-order valence-corrected chi connectivity index (χ3v) is 2.97. The lowest BCUT2D eigenvalue weighted by Crippen LogP contribution is -1.81. The van der Waals surface area contributed by atoms with Gasteiger partial charge in [-0.25, -0.2) is 4.98 Å². The summed E-state index contributed by atoms with van der Waals surface area (Å²) in [5.74, 6) is 1.80. The van der Waals surface area contributed by atoms with Crippen LogP contribution >= 0.6 is 11.6 Å². The van der Waals surface area contributed by atoms with Gasteiger partial charge < -0.3 is 4.98 Å². The van der Waals surface area contributed by atoms with Crippen molar-refractivity contribution in [3.63, 3.8) is 0 Å². The van der Waals surface area contributed by atoms with Crippen molar-refractivity contribution in [2.24, 2.45) is 0 Å². The summed E-state index contributed by atoms with van der Waals surface area (Å²) in [5, 5.41) is 0.765. The van der Waals surface area contributed by atoms with E-state index in [1.807, 2.05) is 30.5 Å². The summed E-state index contributed by atoms with van der Waals surface area (Å²) in [6.45, 7) is 0. The van der Waals surface area contributed by atoms with Gasteiger partial charge >= 0.3 is 0 Å². The molecule has 2 aromatic rings. The SMILES string of the molecule is Clc1ccc(-c2cnc(C3CC3)[nH]2)cc1. The minimum Gasteiger partial charge on any atom is -0.342 e. The molecule has 0 atom stereocenters. The molecule has 2 nitrogen and oxygen atoms in total. The van der Waals surface area contributed by atoms with E-state index >= 15 is 0 Å². The Balaban J connectivity index is 1.93. The van der Waals surface area contributed by atoms with E-state index in [0.717, 1.165) is 22.1 Å². The molecule has 1 aliphatic carbocycles. The minimum atomic E-state index is 0.672. The van der Waals surface area contributed by atoms with E-state index in [-0.39, 0.29) is 0 Å². The fourth-order valence-corrected chi connectivity index (χ4v) is 1.80. The minimum absolute atomic E-state index is 0.672. The molecular weight excluding hydrogens is 208 g/mol. The van der Waals surface area contributed by atoms with Crippen molar-refractivity contribution in [2.45, 2.75) is 18.8 Å². The molecule has 0 unspecified atom stereocenters. The van der Waals surface area contributed by atoms with Crippen molar-refractivity contribution in [1.82, 2.24) is 9.97 Å². The average molecular weight is 219 g/mol. The van der Waals surface area contributed by atoms with Gasteiger partial charge in [0.2, 0.25) is 0 Å². The van der Waals surface area contributed by atoms with Crippen molar-refractivity contribution in [1.29, 1.82) is 0 Å². The van der Waals surface area contributed by atoms with Crippen LogP contribution in [0.4, 0.5) is 0 Å². The second kappa shape index (κ2) is 3.38. The molecule has 1 aliphatic rings. The van der Waals surface area contributed by atoms with Crippen LogP contribution in [-0.2, 0) is 0 Å².